The smallest absolute Gasteiger partial charge is 0.278 e. The lowest BCUT2D eigenvalue weighted by Crippen LogP contribution is -2.39. The second-order valence-corrected chi connectivity index (χ2v) is 6.82. The van der Waals surface area contributed by atoms with Crippen LogP contribution in [-0.2, 0) is 4.79 Å². The molecule has 0 aliphatic carbocycles. The Bertz CT molecular complexity index is 987. The van der Waals surface area contributed by atoms with Crippen LogP contribution < -0.4 is 16.4 Å². The van der Waals surface area contributed by atoms with E-state index in [1.807, 2.05) is 20.8 Å². The van der Waals surface area contributed by atoms with Crippen LogP contribution in [0.1, 0.15) is 42.9 Å². The number of carbonyl (C=O) groups excluding carboxylic acids is 2. The number of carbonyl (C=O) groups is 2. The predicted octanol–water partition coefficient (Wildman–Crippen LogP) is 1.21. The van der Waals surface area contributed by atoms with Crippen LogP contribution in [0.4, 0.5) is 11.5 Å². The summed E-state index contributed by atoms with van der Waals surface area (Å²) in [5.74, 6) is -0.715. The molecule has 0 unspecified atom stereocenters. The lowest BCUT2D eigenvalue weighted by Gasteiger charge is -2.18. The van der Waals surface area contributed by atoms with Gasteiger partial charge in [-0.1, -0.05) is 13.8 Å². The number of amides is 2. The van der Waals surface area contributed by atoms with Crippen LogP contribution in [0, 0.1) is 0 Å². The van der Waals surface area contributed by atoms with Gasteiger partial charge in [0, 0.05) is 26.8 Å². The molecule has 0 fully saturated rings. The minimum atomic E-state index is -0.598. The van der Waals surface area contributed by atoms with Gasteiger partial charge in [0.15, 0.2) is 11.5 Å². The molecule has 2 rings (SSSR count). The van der Waals surface area contributed by atoms with Gasteiger partial charge in [-0.15, -0.1) is 0 Å². The summed E-state index contributed by atoms with van der Waals surface area (Å²) in [5, 5.41) is 5.62. The Balaban J connectivity index is 2.39. The zero-order valence-corrected chi connectivity index (χ0v) is 18.2. The average Bonchev–Trinajstić information content (AvgIpc) is 2.78. The summed E-state index contributed by atoms with van der Waals surface area (Å²) in [7, 11) is 3.08. The number of aliphatic imine (C=N–C) groups is 1. The van der Waals surface area contributed by atoms with Crippen LogP contribution in [0.15, 0.2) is 41.8 Å². The van der Waals surface area contributed by atoms with Crippen molar-refractivity contribution in [3.05, 3.63) is 48.2 Å². The standard InChI is InChI=1S/C20H27N9O2/c1-6-29(5)20(31)16(22-4)14(7-21)28-19(30)17-18(25-10-15(27-17)12(2)3)26-13-8-23-11-24-9-13/h7-12H,6,21H2,1-5H3,(H,25,26)(H,28,30). The van der Waals surface area contributed by atoms with E-state index in [-0.39, 0.29) is 34.7 Å². The first kappa shape index (κ1) is 23.4. The quantitative estimate of drug-likeness (QED) is 0.534. The SMILES string of the molecule is CCN(C)C(=O)C(=NC)C(=CN)NC(=O)c1nc(C(C)C)cnc1Nc1cncnc1. The van der Waals surface area contributed by atoms with E-state index in [1.54, 1.807) is 25.6 Å². The van der Waals surface area contributed by atoms with E-state index < -0.39 is 5.91 Å². The Morgan fingerprint density at radius 3 is 2.48 bits per heavy atom. The number of rotatable bonds is 8. The molecule has 0 aromatic carbocycles. The van der Waals surface area contributed by atoms with Gasteiger partial charge in [-0.3, -0.25) is 14.6 Å². The van der Waals surface area contributed by atoms with Crippen LogP contribution in [0.2, 0.25) is 0 Å². The largest absolute Gasteiger partial charge is 0.403 e. The summed E-state index contributed by atoms with van der Waals surface area (Å²) >= 11 is 0. The molecule has 0 aliphatic heterocycles. The van der Waals surface area contributed by atoms with Crippen molar-refractivity contribution >= 4 is 29.0 Å². The summed E-state index contributed by atoms with van der Waals surface area (Å²) in [4.78, 5) is 47.8. The fraction of sp³-hybridized carbons (Fsp3) is 0.350. The molecule has 11 heteroatoms. The third-order valence-corrected chi connectivity index (χ3v) is 4.34. The van der Waals surface area contributed by atoms with E-state index in [0.29, 0.717) is 17.9 Å². The molecule has 2 amide bonds. The van der Waals surface area contributed by atoms with Gasteiger partial charge in [-0.05, 0) is 12.8 Å². The first-order valence-electron chi connectivity index (χ1n) is 9.67. The van der Waals surface area contributed by atoms with Crippen molar-refractivity contribution in [3.8, 4) is 0 Å². The maximum absolute atomic E-state index is 13.1. The monoisotopic (exact) mass is 425 g/mol. The molecule has 11 nitrogen and oxygen atoms in total. The Hall–Kier alpha value is -3.89. The number of nitrogens with two attached hydrogens (primary N) is 1. The minimum Gasteiger partial charge on any atom is -0.403 e. The fourth-order valence-corrected chi connectivity index (χ4v) is 2.45. The molecule has 2 heterocycles. The highest BCUT2D eigenvalue weighted by molar-refractivity contribution is 6.45. The Kier molecular flexibility index (Phi) is 8.12. The molecule has 0 aliphatic rings. The highest BCUT2D eigenvalue weighted by Gasteiger charge is 2.24. The summed E-state index contributed by atoms with van der Waals surface area (Å²) in [6.07, 6.45) is 7.18. The van der Waals surface area contributed by atoms with Crippen LogP contribution in [-0.4, -0.2) is 63.0 Å². The van der Waals surface area contributed by atoms with Crippen molar-refractivity contribution in [2.75, 3.05) is 26.0 Å². The zero-order chi connectivity index (χ0) is 23.0. The molecule has 0 spiro atoms. The Morgan fingerprint density at radius 2 is 1.94 bits per heavy atom. The number of nitrogens with zero attached hydrogens (tertiary/aromatic N) is 6. The molecule has 2 aromatic rings. The van der Waals surface area contributed by atoms with Crippen molar-refractivity contribution in [2.45, 2.75) is 26.7 Å². The number of hydrogen-bond acceptors (Lipinski definition) is 9. The average molecular weight is 425 g/mol. The van der Waals surface area contributed by atoms with Crippen molar-refractivity contribution in [1.82, 2.24) is 30.2 Å². The lowest BCUT2D eigenvalue weighted by molar-refractivity contribution is -0.122. The van der Waals surface area contributed by atoms with Crippen LogP contribution in [0.5, 0.6) is 0 Å². The van der Waals surface area contributed by atoms with Crippen LogP contribution in [0.25, 0.3) is 0 Å². The highest BCUT2D eigenvalue weighted by atomic mass is 16.2. The number of hydrogen-bond donors (Lipinski definition) is 3. The molecule has 0 bridgehead atoms. The van der Waals surface area contributed by atoms with Gasteiger partial charge >= 0.3 is 0 Å². The number of nitrogens with one attached hydrogen (secondary N) is 2. The molecule has 0 saturated heterocycles. The van der Waals surface area contributed by atoms with Gasteiger partial charge in [0.2, 0.25) is 0 Å². The van der Waals surface area contributed by atoms with Crippen molar-refractivity contribution in [1.29, 1.82) is 0 Å². The molecular weight excluding hydrogens is 398 g/mol. The van der Waals surface area contributed by atoms with Crippen molar-refractivity contribution < 1.29 is 9.59 Å². The van der Waals surface area contributed by atoms with Gasteiger partial charge in [0.25, 0.3) is 11.8 Å². The van der Waals surface area contributed by atoms with E-state index in [9.17, 15) is 9.59 Å². The molecule has 0 saturated carbocycles. The molecule has 4 N–H and O–H groups in total. The van der Waals surface area contributed by atoms with Crippen molar-refractivity contribution in [2.24, 2.45) is 10.7 Å². The summed E-state index contributed by atoms with van der Waals surface area (Å²) in [6, 6.07) is 0. The first-order valence-corrected chi connectivity index (χ1v) is 9.67. The van der Waals surface area contributed by atoms with E-state index in [4.69, 9.17) is 5.73 Å². The van der Waals surface area contributed by atoms with E-state index in [1.165, 1.54) is 18.3 Å². The molecular formula is C20H27N9O2. The maximum atomic E-state index is 13.1. The number of anilines is 2. The molecule has 164 valence electrons. The van der Waals surface area contributed by atoms with Crippen LogP contribution in [0.3, 0.4) is 0 Å². The van der Waals surface area contributed by atoms with Gasteiger partial charge in [-0.25, -0.2) is 19.9 Å². The summed E-state index contributed by atoms with van der Waals surface area (Å²) in [5.41, 5.74) is 6.99. The van der Waals surface area contributed by atoms with E-state index >= 15 is 0 Å². The van der Waals surface area contributed by atoms with Gasteiger partial charge in [0.05, 0.1) is 35.7 Å². The molecule has 0 radical (unpaired) electrons. The van der Waals surface area contributed by atoms with Gasteiger partial charge in [0.1, 0.15) is 12.0 Å². The minimum absolute atomic E-state index is 0.0270. The third-order valence-electron chi connectivity index (χ3n) is 4.34. The highest BCUT2D eigenvalue weighted by Crippen LogP contribution is 2.19. The second-order valence-electron chi connectivity index (χ2n) is 6.82. The topological polar surface area (TPSA) is 151 Å². The van der Waals surface area contributed by atoms with Crippen LogP contribution >= 0.6 is 0 Å². The lowest BCUT2D eigenvalue weighted by atomic mass is 10.1. The molecule has 31 heavy (non-hydrogen) atoms. The fourth-order valence-electron chi connectivity index (χ4n) is 2.45. The molecule has 2 aromatic heterocycles. The Morgan fingerprint density at radius 1 is 1.26 bits per heavy atom. The van der Waals surface area contributed by atoms with Crippen molar-refractivity contribution in [3.63, 3.8) is 0 Å². The van der Waals surface area contributed by atoms with Gasteiger partial charge < -0.3 is 21.3 Å². The zero-order valence-electron chi connectivity index (χ0n) is 18.2. The first-order chi connectivity index (χ1) is 14.8. The number of aromatic nitrogens is 4. The molecule has 0 atom stereocenters. The maximum Gasteiger partial charge on any atom is 0.278 e. The van der Waals surface area contributed by atoms with Gasteiger partial charge in [-0.2, -0.15) is 0 Å². The summed E-state index contributed by atoms with van der Waals surface area (Å²) in [6.45, 7) is 6.18. The normalized spacial score (nSPS) is 11.9. The van der Waals surface area contributed by atoms with E-state index in [0.717, 1.165) is 6.20 Å². The third kappa shape index (κ3) is 5.81. The summed E-state index contributed by atoms with van der Waals surface area (Å²) < 4.78 is 0. The second kappa shape index (κ2) is 10.8. The van der Waals surface area contributed by atoms with E-state index in [2.05, 4.69) is 35.6 Å². The Labute approximate surface area is 180 Å². The predicted molar refractivity (Wildman–Crippen MR) is 118 cm³/mol.